The number of benzene rings is 1. The van der Waals surface area contributed by atoms with Gasteiger partial charge in [-0.1, -0.05) is 44.5 Å². The highest BCUT2D eigenvalue weighted by atomic mass is 35.5. The lowest BCUT2D eigenvalue weighted by molar-refractivity contribution is -0.151. The lowest BCUT2D eigenvalue weighted by Crippen LogP contribution is -2.50. The van der Waals surface area contributed by atoms with E-state index in [2.05, 4.69) is 20.8 Å². The lowest BCUT2D eigenvalue weighted by atomic mass is 9.86. The molecule has 160 valence electrons. The lowest BCUT2D eigenvalue weighted by Gasteiger charge is -2.29. The van der Waals surface area contributed by atoms with Crippen LogP contribution in [0.3, 0.4) is 0 Å². The molecule has 1 aliphatic heterocycles. The van der Waals surface area contributed by atoms with E-state index in [0.29, 0.717) is 14.8 Å². The largest absolute Gasteiger partial charge is 0.464 e. The molecule has 2 atom stereocenters. The number of hydrogen-bond acceptors (Lipinski definition) is 6. The van der Waals surface area contributed by atoms with Crippen LogP contribution in [0, 0.1) is 0 Å². The average molecular weight is 466 g/mol. The number of thiocarbonyl (C=S) groups is 1. The van der Waals surface area contributed by atoms with E-state index in [1.54, 1.807) is 38.1 Å². The van der Waals surface area contributed by atoms with E-state index >= 15 is 0 Å². The fourth-order valence-corrected chi connectivity index (χ4v) is 4.92. The van der Waals surface area contributed by atoms with Crippen LogP contribution < -0.4 is 0 Å². The predicted octanol–water partition coefficient (Wildman–Crippen LogP) is 5.30. The van der Waals surface area contributed by atoms with Crippen LogP contribution in [0.25, 0.3) is 0 Å². The van der Waals surface area contributed by atoms with E-state index in [4.69, 9.17) is 33.3 Å². The van der Waals surface area contributed by atoms with Crippen molar-refractivity contribution in [1.82, 2.24) is 4.90 Å². The van der Waals surface area contributed by atoms with Crippen LogP contribution in [0.2, 0.25) is 4.34 Å². The normalized spacial score (nSPS) is 21.5. The van der Waals surface area contributed by atoms with Crippen LogP contribution in [0.4, 0.5) is 0 Å². The summed E-state index contributed by atoms with van der Waals surface area (Å²) in [5.74, 6) is -0.992. The molecular weight excluding hydrogens is 442 g/mol. The summed E-state index contributed by atoms with van der Waals surface area (Å²) < 4.78 is 11.8. The van der Waals surface area contributed by atoms with Gasteiger partial charge in [0.15, 0.2) is 11.6 Å². The number of ether oxygens (including phenoxy) is 2. The number of rotatable bonds is 4. The molecule has 1 amide bonds. The van der Waals surface area contributed by atoms with Gasteiger partial charge >= 0.3 is 5.97 Å². The first-order chi connectivity index (χ1) is 14.0. The molecule has 0 spiro atoms. The highest BCUT2D eigenvalue weighted by Crippen LogP contribution is 2.44. The first-order valence-corrected chi connectivity index (χ1v) is 11.2. The molecule has 0 radical (unpaired) electrons. The number of carbonyl (C=O) groups is 2. The molecule has 3 rings (SSSR count). The molecule has 1 aromatic carbocycles. The number of esters is 1. The SMILES string of the molecule is CCOC(=O)C1N(C(=O)c2ccc(C(C)(C)C)cc2)C(=S)OC1(C)c1ccc(Cl)s1. The minimum atomic E-state index is -1.19. The number of hydrogen-bond donors (Lipinski definition) is 0. The van der Waals surface area contributed by atoms with Crippen molar-refractivity contribution in [3.05, 3.63) is 56.7 Å². The Balaban J connectivity index is 2.02. The van der Waals surface area contributed by atoms with Crippen molar-refractivity contribution in [2.24, 2.45) is 0 Å². The number of amides is 1. The van der Waals surface area contributed by atoms with Crippen LogP contribution in [-0.2, 0) is 25.3 Å². The maximum absolute atomic E-state index is 13.4. The molecule has 0 bridgehead atoms. The fraction of sp³-hybridized carbons (Fsp3) is 0.409. The van der Waals surface area contributed by atoms with Gasteiger partial charge < -0.3 is 9.47 Å². The van der Waals surface area contributed by atoms with E-state index < -0.39 is 23.5 Å². The minimum Gasteiger partial charge on any atom is -0.464 e. The second-order valence-electron chi connectivity index (χ2n) is 8.24. The van der Waals surface area contributed by atoms with Crippen molar-refractivity contribution in [3.8, 4) is 0 Å². The van der Waals surface area contributed by atoms with Crippen LogP contribution in [0.5, 0.6) is 0 Å². The van der Waals surface area contributed by atoms with Gasteiger partial charge in [-0.3, -0.25) is 4.79 Å². The summed E-state index contributed by atoms with van der Waals surface area (Å²) >= 11 is 12.8. The molecule has 2 unspecified atom stereocenters. The number of carbonyl (C=O) groups excluding carboxylic acids is 2. The third-order valence-electron chi connectivity index (χ3n) is 5.06. The number of halogens is 1. The Kier molecular flexibility index (Phi) is 6.28. The van der Waals surface area contributed by atoms with Gasteiger partial charge in [-0.25, -0.2) is 9.69 Å². The maximum atomic E-state index is 13.4. The summed E-state index contributed by atoms with van der Waals surface area (Å²) in [6.45, 7) is 9.90. The fourth-order valence-electron chi connectivity index (χ4n) is 3.41. The van der Waals surface area contributed by atoms with E-state index in [-0.39, 0.29) is 17.2 Å². The highest BCUT2D eigenvalue weighted by molar-refractivity contribution is 7.80. The van der Waals surface area contributed by atoms with Gasteiger partial charge in [-0.15, -0.1) is 11.3 Å². The van der Waals surface area contributed by atoms with Crippen molar-refractivity contribution < 1.29 is 19.1 Å². The second-order valence-corrected chi connectivity index (χ2v) is 10.3. The maximum Gasteiger partial charge on any atom is 0.334 e. The summed E-state index contributed by atoms with van der Waals surface area (Å²) in [5, 5.41) is -0.0648. The van der Waals surface area contributed by atoms with Crippen molar-refractivity contribution in [1.29, 1.82) is 0 Å². The van der Waals surface area contributed by atoms with Crippen LogP contribution >= 0.6 is 35.2 Å². The summed E-state index contributed by atoms with van der Waals surface area (Å²) in [6.07, 6.45) is 0. The zero-order valence-electron chi connectivity index (χ0n) is 17.5. The van der Waals surface area contributed by atoms with Gasteiger partial charge in [0.2, 0.25) is 0 Å². The van der Waals surface area contributed by atoms with Gasteiger partial charge in [0, 0.05) is 5.56 Å². The molecule has 0 saturated carbocycles. The van der Waals surface area contributed by atoms with Crippen LogP contribution in [-0.4, -0.2) is 34.6 Å². The first kappa shape index (κ1) is 22.7. The zero-order chi connectivity index (χ0) is 22.3. The number of thiophene rings is 1. The number of nitrogens with zero attached hydrogens (tertiary/aromatic N) is 1. The smallest absolute Gasteiger partial charge is 0.334 e. The van der Waals surface area contributed by atoms with Crippen molar-refractivity contribution >= 4 is 52.2 Å². The Labute approximate surface area is 190 Å². The van der Waals surface area contributed by atoms with Crippen molar-refractivity contribution in [2.45, 2.75) is 51.7 Å². The molecule has 30 heavy (non-hydrogen) atoms. The molecule has 0 N–H and O–H groups in total. The molecule has 0 aliphatic carbocycles. The van der Waals surface area contributed by atoms with Crippen LogP contribution in [0.15, 0.2) is 36.4 Å². The summed E-state index contributed by atoms with van der Waals surface area (Å²) in [7, 11) is 0. The molecule has 1 fully saturated rings. The van der Waals surface area contributed by atoms with Gasteiger partial charge in [-0.2, -0.15) is 0 Å². The Morgan fingerprint density at radius 1 is 1.23 bits per heavy atom. The molecule has 1 aliphatic rings. The van der Waals surface area contributed by atoms with E-state index in [1.165, 1.54) is 16.2 Å². The van der Waals surface area contributed by atoms with E-state index in [9.17, 15) is 9.59 Å². The summed E-state index contributed by atoms with van der Waals surface area (Å²) in [5.41, 5.74) is 0.274. The van der Waals surface area contributed by atoms with Gasteiger partial charge in [-0.05, 0) is 61.3 Å². The predicted molar refractivity (Wildman–Crippen MR) is 122 cm³/mol. The molecule has 2 aromatic rings. The van der Waals surface area contributed by atoms with Crippen molar-refractivity contribution in [3.63, 3.8) is 0 Å². The molecule has 2 heterocycles. The Hall–Kier alpha value is -1.96. The Morgan fingerprint density at radius 2 is 1.87 bits per heavy atom. The van der Waals surface area contributed by atoms with Gasteiger partial charge in [0.1, 0.15) is 0 Å². The Morgan fingerprint density at radius 3 is 2.37 bits per heavy atom. The quantitative estimate of drug-likeness (QED) is 0.452. The van der Waals surface area contributed by atoms with Gasteiger partial charge in [0.05, 0.1) is 15.8 Å². The van der Waals surface area contributed by atoms with Crippen LogP contribution in [0.1, 0.15) is 55.4 Å². The van der Waals surface area contributed by atoms with E-state index in [1.807, 2.05) is 12.1 Å². The monoisotopic (exact) mass is 465 g/mol. The van der Waals surface area contributed by atoms with Gasteiger partial charge in [0.25, 0.3) is 11.1 Å². The third kappa shape index (κ3) is 4.11. The summed E-state index contributed by atoms with van der Waals surface area (Å²) in [6, 6.07) is 9.73. The van der Waals surface area contributed by atoms with Crippen molar-refractivity contribution in [2.75, 3.05) is 6.61 Å². The molecular formula is C22H24ClNO4S2. The minimum absolute atomic E-state index is 0.0435. The Bertz CT molecular complexity index is 980. The third-order valence-corrected chi connectivity index (χ3v) is 6.79. The second kappa shape index (κ2) is 8.29. The van der Waals surface area contributed by atoms with E-state index in [0.717, 1.165) is 5.56 Å². The molecule has 5 nitrogen and oxygen atoms in total. The zero-order valence-corrected chi connectivity index (χ0v) is 19.9. The molecule has 1 saturated heterocycles. The highest BCUT2D eigenvalue weighted by Gasteiger charge is 2.58. The summed E-state index contributed by atoms with van der Waals surface area (Å²) in [4.78, 5) is 28.2. The molecule has 8 heteroatoms. The average Bonchev–Trinajstić information content (AvgIpc) is 3.22. The molecule has 1 aromatic heterocycles. The first-order valence-electron chi connectivity index (χ1n) is 9.58. The topological polar surface area (TPSA) is 55.8 Å². The standard InChI is InChI=1S/C22H24ClNO4S2/c1-6-27-19(26)17-22(5,15-11-12-16(23)30-15)28-20(29)24(17)18(25)13-7-9-14(10-8-13)21(2,3)4/h7-12,17H,6H2,1-5H3.